The second-order valence-electron chi connectivity index (χ2n) is 10.1. The molecule has 1 aliphatic rings. The molecule has 4 heteroatoms. The fourth-order valence-corrected chi connectivity index (χ4v) is 4.22. The van der Waals surface area contributed by atoms with E-state index < -0.39 is 14.1 Å². The summed E-state index contributed by atoms with van der Waals surface area (Å²) in [7, 11) is -1.84. The molecule has 170 valence electrons. The molecule has 1 fully saturated rings. The molecule has 0 aliphatic carbocycles. The predicted octanol–water partition coefficient (Wildman–Crippen LogP) is 6.84. The summed E-state index contributed by atoms with van der Waals surface area (Å²) in [5.41, 5.74) is 0. The van der Waals surface area contributed by atoms with E-state index in [1.165, 1.54) is 25.7 Å². The molecule has 30 heavy (non-hydrogen) atoms. The molecule has 3 nitrogen and oxygen atoms in total. The van der Waals surface area contributed by atoms with Crippen LogP contribution in [0.2, 0.25) is 18.1 Å². The highest BCUT2D eigenvalue weighted by molar-refractivity contribution is 6.74. The molecule has 0 saturated carbocycles. The Balaban J connectivity index is 2.73. The lowest BCUT2D eigenvalue weighted by Crippen LogP contribution is -2.43. The molecule has 0 amide bonds. The summed E-state index contributed by atoms with van der Waals surface area (Å²) in [5, 5.41) is 0.171. The van der Waals surface area contributed by atoms with Gasteiger partial charge >= 0.3 is 0 Å². The first-order valence-corrected chi connectivity index (χ1v) is 14.5. The van der Waals surface area contributed by atoms with Gasteiger partial charge in [0.05, 0.1) is 0 Å². The molecule has 0 aromatic rings. The van der Waals surface area contributed by atoms with E-state index in [4.69, 9.17) is 13.9 Å². The number of ether oxygens (including phenoxy) is 2. The van der Waals surface area contributed by atoms with Crippen molar-refractivity contribution in [3.63, 3.8) is 0 Å². The normalized spacial score (nSPS) is 22.3. The second-order valence-corrected chi connectivity index (χ2v) is 14.9. The van der Waals surface area contributed by atoms with E-state index in [2.05, 4.69) is 83.5 Å². The standard InChI is InChI=1S/C26H44O3Si/c1-10-12-13-14-15-16-20-23-24(28-26(6,7)27-23)21-18-17-19-22(11-2)29-30(8,9)25(3,4)5/h16,20,22-24H,10-15H2,1-9H3/b20-16+/t22-,23+,24+/m0/s1. The van der Waals surface area contributed by atoms with Gasteiger partial charge in [-0.05, 0) is 63.1 Å². The first-order chi connectivity index (χ1) is 13.9. The topological polar surface area (TPSA) is 27.7 Å². The second kappa shape index (κ2) is 12.1. The van der Waals surface area contributed by atoms with Gasteiger partial charge < -0.3 is 13.9 Å². The van der Waals surface area contributed by atoms with Crippen LogP contribution in [0.5, 0.6) is 0 Å². The molecule has 0 aromatic carbocycles. The van der Waals surface area contributed by atoms with Crippen LogP contribution < -0.4 is 0 Å². The van der Waals surface area contributed by atoms with Crippen LogP contribution >= 0.6 is 0 Å². The van der Waals surface area contributed by atoms with E-state index in [9.17, 15) is 0 Å². The van der Waals surface area contributed by atoms with Gasteiger partial charge in [-0.3, -0.25) is 0 Å². The Labute approximate surface area is 187 Å². The Hall–Kier alpha value is -1.04. The average Bonchev–Trinajstić information content (AvgIpc) is 2.93. The van der Waals surface area contributed by atoms with E-state index in [-0.39, 0.29) is 23.4 Å². The lowest BCUT2D eigenvalue weighted by molar-refractivity contribution is -0.138. The molecule has 0 bridgehead atoms. The van der Waals surface area contributed by atoms with Crippen LogP contribution in [-0.4, -0.2) is 32.4 Å². The molecule has 0 unspecified atom stereocenters. The first kappa shape index (κ1) is 27.0. The van der Waals surface area contributed by atoms with E-state index in [0.29, 0.717) is 0 Å². The van der Waals surface area contributed by atoms with Crippen molar-refractivity contribution in [2.45, 2.75) is 129 Å². The fraction of sp³-hybridized carbons (Fsp3) is 0.769. The monoisotopic (exact) mass is 432 g/mol. The zero-order valence-electron chi connectivity index (χ0n) is 20.9. The van der Waals surface area contributed by atoms with E-state index in [0.717, 1.165) is 12.8 Å². The molecule has 1 aliphatic heterocycles. The van der Waals surface area contributed by atoms with Gasteiger partial charge in [-0.1, -0.05) is 77.9 Å². The van der Waals surface area contributed by atoms with Crippen LogP contribution in [0.1, 0.15) is 87.0 Å². The summed E-state index contributed by atoms with van der Waals surface area (Å²) < 4.78 is 18.4. The highest BCUT2D eigenvalue weighted by Crippen LogP contribution is 2.37. The van der Waals surface area contributed by atoms with Gasteiger partial charge in [0.15, 0.2) is 20.2 Å². The summed E-state index contributed by atoms with van der Waals surface area (Å²) in [6.07, 6.45) is 10.8. The van der Waals surface area contributed by atoms with Crippen molar-refractivity contribution in [1.29, 1.82) is 0 Å². The lowest BCUT2D eigenvalue weighted by atomic mass is 10.1. The van der Waals surface area contributed by atoms with Crippen molar-refractivity contribution in [1.82, 2.24) is 0 Å². The van der Waals surface area contributed by atoms with Gasteiger partial charge in [0.25, 0.3) is 0 Å². The lowest BCUT2D eigenvalue weighted by Gasteiger charge is -2.37. The molecular weight excluding hydrogens is 388 g/mol. The zero-order chi connectivity index (χ0) is 22.8. The summed E-state index contributed by atoms with van der Waals surface area (Å²) in [4.78, 5) is 0. The van der Waals surface area contributed by atoms with Crippen LogP contribution in [0.3, 0.4) is 0 Å². The minimum atomic E-state index is -1.84. The molecule has 0 N–H and O–H groups in total. The Bertz CT molecular complexity index is 664. The van der Waals surface area contributed by atoms with Crippen molar-refractivity contribution >= 4 is 8.32 Å². The third kappa shape index (κ3) is 9.40. The highest BCUT2D eigenvalue weighted by Gasteiger charge is 2.39. The van der Waals surface area contributed by atoms with Crippen LogP contribution in [-0.2, 0) is 13.9 Å². The Morgan fingerprint density at radius 1 is 1.07 bits per heavy atom. The number of allylic oxidation sites excluding steroid dienone is 1. The largest absolute Gasteiger partial charge is 0.403 e. The molecule has 0 radical (unpaired) electrons. The van der Waals surface area contributed by atoms with Gasteiger partial charge in [-0.2, -0.15) is 0 Å². The van der Waals surface area contributed by atoms with Gasteiger partial charge in [0.1, 0.15) is 12.2 Å². The summed E-state index contributed by atoms with van der Waals surface area (Å²) in [5.74, 6) is 11.7. The van der Waals surface area contributed by atoms with Crippen LogP contribution in [0.4, 0.5) is 0 Å². The maximum atomic E-state index is 6.40. The predicted molar refractivity (Wildman–Crippen MR) is 130 cm³/mol. The summed E-state index contributed by atoms with van der Waals surface area (Å²) in [6.45, 7) is 19.5. The van der Waals surface area contributed by atoms with E-state index in [1.54, 1.807) is 0 Å². The maximum absolute atomic E-state index is 6.40. The minimum absolute atomic E-state index is 0.0730. The van der Waals surface area contributed by atoms with Crippen LogP contribution in [0.15, 0.2) is 12.2 Å². The van der Waals surface area contributed by atoms with Gasteiger partial charge in [-0.15, -0.1) is 0 Å². The van der Waals surface area contributed by atoms with Crippen molar-refractivity contribution in [3.05, 3.63) is 12.2 Å². The number of rotatable bonds is 9. The molecular formula is C26H44O3Si. The Morgan fingerprint density at radius 3 is 2.37 bits per heavy atom. The minimum Gasteiger partial charge on any atom is -0.403 e. The zero-order valence-corrected chi connectivity index (χ0v) is 21.9. The third-order valence-corrected chi connectivity index (χ3v) is 10.3. The summed E-state index contributed by atoms with van der Waals surface area (Å²) >= 11 is 0. The van der Waals surface area contributed by atoms with Crippen molar-refractivity contribution in [3.8, 4) is 23.7 Å². The van der Waals surface area contributed by atoms with Crippen molar-refractivity contribution < 1.29 is 13.9 Å². The number of unbranched alkanes of at least 4 members (excludes halogenated alkanes) is 4. The maximum Gasteiger partial charge on any atom is 0.193 e. The molecule has 0 spiro atoms. The third-order valence-electron chi connectivity index (χ3n) is 5.80. The molecule has 3 atom stereocenters. The number of hydrogen-bond acceptors (Lipinski definition) is 3. The molecule has 1 rings (SSSR count). The van der Waals surface area contributed by atoms with Crippen molar-refractivity contribution in [2.24, 2.45) is 0 Å². The van der Waals surface area contributed by atoms with Crippen LogP contribution in [0.25, 0.3) is 0 Å². The highest BCUT2D eigenvalue weighted by atomic mass is 28.4. The van der Waals surface area contributed by atoms with E-state index in [1.807, 2.05) is 13.8 Å². The van der Waals surface area contributed by atoms with Crippen LogP contribution in [0, 0.1) is 23.7 Å². The average molecular weight is 433 g/mol. The quantitative estimate of drug-likeness (QED) is 0.173. The van der Waals surface area contributed by atoms with Gasteiger partial charge in [0, 0.05) is 0 Å². The first-order valence-electron chi connectivity index (χ1n) is 11.6. The van der Waals surface area contributed by atoms with E-state index >= 15 is 0 Å². The smallest absolute Gasteiger partial charge is 0.193 e. The molecule has 1 saturated heterocycles. The fourth-order valence-electron chi connectivity index (χ4n) is 2.93. The molecule has 1 heterocycles. The summed E-state index contributed by atoms with van der Waals surface area (Å²) in [6, 6.07) is 0. The Morgan fingerprint density at radius 2 is 1.77 bits per heavy atom. The van der Waals surface area contributed by atoms with Gasteiger partial charge in [-0.25, -0.2) is 0 Å². The molecule has 0 aromatic heterocycles. The van der Waals surface area contributed by atoms with Gasteiger partial charge in [0.2, 0.25) is 0 Å². The Kier molecular flexibility index (Phi) is 10.9. The SMILES string of the molecule is CCCCCC/C=C/[C@H]1OC(C)(C)O[C@@H]1C#CC#C[C@H](CC)O[Si](C)(C)C(C)(C)C. The number of hydrogen-bond donors (Lipinski definition) is 0. The van der Waals surface area contributed by atoms with Crippen molar-refractivity contribution in [2.75, 3.05) is 0 Å².